The summed E-state index contributed by atoms with van der Waals surface area (Å²) in [5.74, 6) is -0.543. The van der Waals surface area contributed by atoms with E-state index in [2.05, 4.69) is 24.1 Å². The second-order valence-electron chi connectivity index (χ2n) is 4.51. The van der Waals surface area contributed by atoms with Crippen LogP contribution in [0.2, 0.25) is 0 Å². The van der Waals surface area contributed by atoms with Gasteiger partial charge >= 0.3 is 0 Å². The number of carbonyl (C=O) groups is 1. The Morgan fingerprint density at radius 3 is 2.67 bits per heavy atom. The molecule has 0 saturated heterocycles. The molecule has 5 heteroatoms. The van der Waals surface area contributed by atoms with E-state index in [1.807, 2.05) is 0 Å². The first-order chi connectivity index (χ1) is 8.56. The van der Waals surface area contributed by atoms with Crippen molar-refractivity contribution in [3.63, 3.8) is 0 Å². The van der Waals surface area contributed by atoms with E-state index < -0.39 is 5.91 Å². The lowest BCUT2D eigenvalue weighted by atomic mass is 9.83. The van der Waals surface area contributed by atoms with Gasteiger partial charge in [0, 0.05) is 23.8 Å². The molecule has 1 rings (SSSR count). The zero-order chi connectivity index (χ0) is 13.6. The van der Waals surface area contributed by atoms with Crippen molar-refractivity contribution in [3.8, 4) is 0 Å². The molecule has 0 aliphatic rings. The highest BCUT2D eigenvalue weighted by Crippen LogP contribution is 2.26. The fourth-order valence-electron chi connectivity index (χ4n) is 1.74. The number of pyridine rings is 1. The molecule has 0 aliphatic carbocycles. The van der Waals surface area contributed by atoms with Crippen LogP contribution in [0, 0.1) is 5.41 Å². The summed E-state index contributed by atoms with van der Waals surface area (Å²) < 4.78 is 0. The summed E-state index contributed by atoms with van der Waals surface area (Å²) in [5.41, 5.74) is 6.07. The van der Waals surface area contributed by atoms with E-state index in [0.29, 0.717) is 6.54 Å². The molecule has 18 heavy (non-hydrogen) atoms. The van der Waals surface area contributed by atoms with Crippen molar-refractivity contribution in [3.05, 3.63) is 24.0 Å². The standard InChI is InChI=1S/C13H21N3O2/c1-3-13(4-2,9-17)8-16-10-5-6-15-11(7-10)12(14)18/h5-7,17H,3-4,8-9H2,1-2H3,(H2,14,18)(H,15,16). The van der Waals surface area contributed by atoms with Crippen LogP contribution < -0.4 is 11.1 Å². The van der Waals surface area contributed by atoms with Gasteiger partial charge in [0.25, 0.3) is 5.91 Å². The van der Waals surface area contributed by atoms with E-state index in [1.165, 1.54) is 0 Å². The number of nitrogens with two attached hydrogens (primary N) is 1. The van der Waals surface area contributed by atoms with Crippen molar-refractivity contribution < 1.29 is 9.90 Å². The third-order valence-corrected chi connectivity index (χ3v) is 3.52. The number of rotatable bonds is 7. The lowest BCUT2D eigenvalue weighted by Gasteiger charge is -2.30. The van der Waals surface area contributed by atoms with Gasteiger partial charge in [0.05, 0.1) is 6.61 Å². The van der Waals surface area contributed by atoms with Gasteiger partial charge in [0.1, 0.15) is 5.69 Å². The summed E-state index contributed by atoms with van der Waals surface area (Å²) in [6.07, 6.45) is 3.32. The van der Waals surface area contributed by atoms with Gasteiger partial charge in [0.2, 0.25) is 0 Å². The molecule has 0 bridgehead atoms. The van der Waals surface area contributed by atoms with Crippen molar-refractivity contribution in [2.45, 2.75) is 26.7 Å². The first-order valence-corrected chi connectivity index (χ1v) is 6.17. The van der Waals surface area contributed by atoms with Gasteiger partial charge in [-0.1, -0.05) is 13.8 Å². The fraction of sp³-hybridized carbons (Fsp3) is 0.538. The van der Waals surface area contributed by atoms with Gasteiger partial charge in [0.15, 0.2) is 0 Å². The highest BCUT2D eigenvalue weighted by atomic mass is 16.3. The van der Waals surface area contributed by atoms with Crippen LogP contribution in [0.5, 0.6) is 0 Å². The monoisotopic (exact) mass is 251 g/mol. The van der Waals surface area contributed by atoms with Gasteiger partial charge in [-0.25, -0.2) is 0 Å². The molecular formula is C13H21N3O2. The van der Waals surface area contributed by atoms with Crippen molar-refractivity contribution in [1.29, 1.82) is 0 Å². The molecule has 0 aromatic carbocycles. The average molecular weight is 251 g/mol. The summed E-state index contributed by atoms with van der Waals surface area (Å²) in [5, 5.41) is 12.7. The molecule has 1 heterocycles. The van der Waals surface area contributed by atoms with Crippen LogP contribution in [0.25, 0.3) is 0 Å². The van der Waals surface area contributed by atoms with E-state index in [4.69, 9.17) is 5.73 Å². The van der Waals surface area contributed by atoms with E-state index in [9.17, 15) is 9.90 Å². The van der Waals surface area contributed by atoms with Crippen molar-refractivity contribution >= 4 is 11.6 Å². The normalized spacial score (nSPS) is 11.3. The van der Waals surface area contributed by atoms with Gasteiger partial charge < -0.3 is 16.2 Å². The van der Waals surface area contributed by atoms with Crippen LogP contribution in [0.4, 0.5) is 5.69 Å². The molecule has 0 radical (unpaired) electrons. The smallest absolute Gasteiger partial charge is 0.267 e. The second-order valence-corrected chi connectivity index (χ2v) is 4.51. The molecule has 1 aromatic rings. The molecule has 0 fully saturated rings. The number of carbonyl (C=O) groups excluding carboxylic acids is 1. The number of nitrogens with one attached hydrogen (secondary N) is 1. The Bertz CT molecular complexity index is 395. The fourth-order valence-corrected chi connectivity index (χ4v) is 1.74. The van der Waals surface area contributed by atoms with E-state index in [0.717, 1.165) is 18.5 Å². The predicted octanol–water partition coefficient (Wildman–Crippen LogP) is 1.39. The SMILES string of the molecule is CCC(CC)(CO)CNc1ccnc(C(N)=O)c1. The maximum absolute atomic E-state index is 11.0. The van der Waals surface area contributed by atoms with Crippen LogP contribution in [-0.4, -0.2) is 29.1 Å². The van der Waals surface area contributed by atoms with Crippen LogP contribution in [0.1, 0.15) is 37.2 Å². The highest BCUT2D eigenvalue weighted by Gasteiger charge is 2.24. The maximum Gasteiger partial charge on any atom is 0.267 e. The zero-order valence-electron chi connectivity index (χ0n) is 10.9. The molecule has 100 valence electrons. The summed E-state index contributed by atoms with van der Waals surface area (Å²) in [6, 6.07) is 3.40. The number of hydrogen-bond donors (Lipinski definition) is 3. The zero-order valence-corrected chi connectivity index (χ0v) is 10.9. The number of anilines is 1. The average Bonchev–Trinajstić information content (AvgIpc) is 2.41. The molecule has 1 amide bonds. The second kappa shape index (κ2) is 6.35. The molecule has 1 aromatic heterocycles. The maximum atomic E-state index is 11.0. The van der Waals surface area contributed by atoms with Gasteiger partial charge in [-0.05, 0) is 25.0 Å². The Morgan fingerprint density at radius 2 is 2.17 bits per heavy atom. The van der Waals surface area contributed by atoms with Crippen LogP contribution in [0.3, 0.4) is 0 Å². The van der Waals surface area contributed by atoms with Crippen LogP contribution in [0.15, 0.2) is 18.3 Å². The van der Waals surface area contributed by atoms with Crippen molar-refractivity contribution in [1.82, 2.24) is 4.98 Å². The summed E-state index contributed by atoms with van der Waals surface area (Å²) in [7, 11) is 0. The summed E-state index contributed by atoms with van der Waals surface area (Å²) >= 11 is 0. The van der Waals surface area contributed by atoms with Crippen molar-refractivity contribution in [2.24, 2.45) is 11.1 Å². The molecule has 0 atom stereocenters. The largest absolute Gasteiger partial charge is 0.396 e. The Morgan fingerprint density at radius 1 is 1.50 bits per heavy atom. The summed E-state index contributed by atoms with van der Waals surface area (Å²) in [6.45, 7) is 4.91. The Kier molecular flexibility index (Phi) is 5.09. The van der Waals surface area contributed by atoms with E-state index >= 15 is 0 Å². The van der Waals surface area contributed by atoms with Gasteiger partial charge in [-0.2, -0.15) is 0 Å². The minimum atomic E-state index is -0.543. The van der Waals surface area contributed by atoms with Crippen molar-refractivity contribution in [2.75, 3.05) is 18.5 Å². The third kappa shape index (κ3) is 3.43. The summed E-state index contributed by atoms with van der Waals surface area (Å²) in [4.78, 5) is 14.9. The minimum Gasteiger partial charge on any atom is -0.396 e. The number of amides is 1. The van der Waals surface area contributed by atoms with Crippen LogP contribution >= 0.6 is 0 Å². The molecule has 0 unspecified atom stereocenters. The Hall–Kier alpha value is -1.62. The van der Waals surface area contributed by atoms with Gasteiger partial charge in [-0.3, -0.25) is 9.78 Å². The third-order valence-electron chi connectivity index (χ3n) is 3.52. The Balaban J connectivity index is 2.73. The molecular weight excluding hydrogens is 230 g/mol. The topological polar surface area (TPSA) is 88.2 Å². The van der Waals surface area contributed by atoms with Gasteiger partial charge in [-0.15, -0.1) is 0 Å². The molecule has 0 spiro atoms. The lowest BCUT2D eigenvalue weighted by Crippen LogP contribution is -2.32. The Labute approximate surface area is 107 Å². The molecule has 5 nitrogen and oxygen atoms in total. The van der Waals surface area contributed by atoms with E-state index in [1.54, 1.807) is 18.3 Å². The number of primary amides is 1. The number of aliphatic hydroxyl groups is 1. The minimum absolute atomic E-state index is 0.129. The number of aliphatic hydroxyl groups excluding tert-OH is 1. The molecule has 4 N–H and O–H groups in total. The highest BCUT2D eigenvalue weighted by molar-refractivity contribution is 5.91. The number of aromatic nitrogens is 1. The molecule has 0 saturated carbocycles. The quantitative estimate of drug-likeness (QED) is 0.683. The van der Waals surface area contributed by atoms with E-state index in [-0.39, 0.29) is 17.7 Å². The number of hydrogen-bond acceptors (Lipinski definition) is 4. The predicted molar refractivity (Wildman–Crippen MR) is 71.3 cm³/mol. The first-order valence-electron chi connectivity index (χ1n) is 6.17. The molecule has 0 aliphatic heterocycles. The lowest BCUT2D eigenvalue weighted by molar-refractivity contribution is 0.0995. The number of nitrogens with zero attached hydrogens (tertiary/aromatic N) is 1. The first kappa shape index (κ1) is 14.4. The van der Waals surface area contributed by atoms with Crippen LogP contribution in [-0.2, 0) is 0 Å².